The van der Waals surface area contributed by atoms with Crippen LogP contribution in [0.2, 0.25) is 5.02 Å². The predicted molar refractivity (Wildman–Crippen MR) is 129 cm³/mol. The molecule has 4 aromatic rings. The Morgan fingerprint density at radius 2 is 1.74 bits per heavy atom. The molecule has 9 nitrogen and oxygen atoms in total. The van der Waals surface area contributed by atoms with Crippen molar-refractivity contribution in [2.45, 2.75) is 6.54 Å². The van der Waals surface area contributed by atoms with Crippen molar-refractivity contribution in [1.29, 1.82) is 0 Å². The van der Waals surface area contributed by atoms with Gasteiger partial charge in [0.15, 0.2) is 17.3 Å². The van der Waals surface area contributed by atoms with Gasteiger partial charge < -0.3 is 24.3 Å². The minimum Gasteiger partial charge on any atom is -0.497 e. The number of para-hydroxylation sites is 1. The average molecular weight is 481 g/mol. The number of rotatable bonds is 6. The molecule has 2 amide bonds. The molecule has 0 saturated heterocycles. The van der Waals surface area contributed by atoms with E-state index in [9.17, 15) is 4.79 Å². The Morgan fingerprint density at radius 1 is 1.03 bits per heavy atom. The number of fused-ring (bicyclic) bond motifs is 2. The van der Waals surface area contributed by atoms with Crippen LogP contribution in [0.3, 0.4) is 0 Å². The molecular weight excluding hydrogens is 460 g/mol. The van der Waals surface area contributed by atoms with Crippen LogP contribution in [0.25, 0.3) is 10.9 Å². The number of hydrogen-bond donors (Lipinski definition) is 2. The van der Waals surface area contributed by atoms with E-state index in [-0.39, 0.29) is 6.79 Å². The molecule has 10 heteroatoms. The molecular formula is C24H21ClN4O5. The summed E-state index contributed by atoms with van der Waals surface area (Å²) in [4.78, 5) is 12.8. The summed E-state index contributed by atoms with van der Waals surface area (Å²) >= 11 is 6.46. The minimum atomic E-state index is -0.452. The molecule has 1 aliphatic rings. The molecule has 5 rings (SSSR count). The van der Waals surface area contributed by atoms with E-state index in [0.717, 1.165) is 16.5 Å². The number of ether oxygens (including phenoxy) is 4. The zero-order chi connectivity index (χ0) is 23.7. The van der Waals surface area contributed by atoms with Gasteiger partial charge in [0, 0.05) is 40.4 Å². The molecule has 1 aliphatic heterocycles. The number of nitrogens with zero attached hydrogens (tertiary/aromatic N) is 2. The van der Waals surface area contributed by atoms with Crippen molar-refractivity contribution in [2.75, 3.05) is 31.6 Å². The standard InChI is InChI=1S/C24H21ClN4O5/c1-31-16-8-15(9-17(10-16)32-2)26-24(30)27-23-18-5-3-4-6-20(18)29(28-23)12-14-7-21-22(11-19(14)25)34-13-33-21/h3-11H,12-13H2,1-2H3,(H2,26,27,28,30). The molecule has 0 fully saturated rings. The van der Waals surface area contributed by atoms with Gasteiger partial charge in [-0.05, 0) is 23.8 Å². The van der Waals surface area contributed by atoms with Crippen LogP contribution in [-0.2, 0) is 6.54 Å². The van der Waals surface area contributed by atoms with E-state index in [0.29, 0.717) is 46.1 Å². The fourth-order valence-electron chi connectivity index (χ4n) is 3.73. The van der Waals surface area contributed by atoms with E-state index in [1.54, 1.807) is 43.2 Å². The van der Waals surface area contributed by atoms with E-state index in [4.69, 9.17) is 30.5 Å². The Hall–Kier alpha value is -4.11. The maximum Gasteiger partial charge on any atom is 0.324 e. The lowest BCUT2D eigenvalue weighted by Crippen LogP contribution is -2.20. The van der Waals surface area contributed by atoms with Gasteiger partial charge in [0.2, 0.25) is 6.79 Å². The molecule has 34 heavy (non-hydrogen) atoms. The molecule has 0 aliphatic carbocycles. The highest BCUT2D eigenvalue weighted by Gasteiger charge is 2.19. The van der Waals surface area contributed by atoms with Crippen LogP contribution in [-0.4, -0.2) is 36.8 Å². The molecule has 1 aromatic heterocycles. The smallest absolute Gasteiger partial charge is 0.324 e. The SMILES string of the molecule is COc1cc(NC(=O)Nc2nn(Cc3cc4c(cc3Cl)OCO4)c3ccccc23)cc(OC)c1. The van der Waals surface area contributed by atoms with Crippen molar-refractivity contribution in [2.24, 2.45) is 0 Å². The summed E-state index contributed by atoms with van der Waals surface area (Å²) in [5, 5.41) is 11.6. The second-order valence-electron chi connectivity index (χ2n) is 7.50. The number of hydrogen-bond acceptors (Lipinski definition) is 6. The van der Waals surface area contributed by atoms with Gasteiger partial charge in [-0.1, -0.05) is 23.7 Å². The highest BCUT2D eigenvalue weighted by Crippen LogP contribution is 2.37. The number of aromatic nitrogens is 2. The zero-order valence-corrected chi connectivity index (χ0v) is 19.2. The van der Waals surface area contributed by atoms with Crippen molar-refractivity contribution in [1.82, 2.24) is 9.78 Å². The molecule has 0 radical (unpaired) electrons. The molecule has 174 valence electrons. The Morgan fingerprint density at radius 3 is 2.47 bits per heavy atom. The van der Waals surface area contributed by atoms with Crippen LogP contribution >= 0.6 is 11.6 Å². The first-order valence-electron chi connectivity index (χ1n) is 10.4. The van der Waals surface area contributed by atoms with Gasteiger partial charge >= 0.3 is 6.03 Å². The second kappa shape index (κ2) is 9.03. The van der Waals surface area contributed by atoms with Crippen molar-refractivity contribution in [3.05, 3.63) is 65.2 Å². The van der Waals surface area contributed by atoms with Crippen molar-refractivity contribution in [3.8, 4) is 23.0 Å². The molecule has 3 aromatic carbocycles. The lowest BCUT2D eigenvalue weighted by atomic mass is 10.2. The summed E-state index contributed by atoms with van der Waals surface area (Å²) < 4.78 is 23.1. The summed E-state index contributed by atoms with van der Waals surface area (Å²) in [6.07, 6.45) is 0. The number of methoxy groups -OCH3 is 2. The summed E-state index contributed by atoms with van der Waals surface area (Å²) in [5.74, 6) is 2.80. The highest BCUT2D eigenvalue weighted by molar-refractivity contribution is 6.31. The van der Waals surface area contributed by atoms with Gasteiger partial charge in [0.1, 0.15) is 11.5 Å². The van der Waals surface area contributed by atoms with Crippen LogP contribution < -0.4 is 29.6 Å². The summed E-state index contributed by atoms with van der Waals surface area (Å²) in [6, 6.07) is 15.9. The van der Waals surface area contributed by atoms with Crippen LogP contribution in [0.15, 0.2) is 54.6 Å². The first kappa shape index (κ1) is 21.7. The Bertz CT molecular complexity index is 1370. The first-order chi connectivity index (χ1) is 16.5. The van der Waals surface area contributed by atoms with Gasteiger partial charge in [0.25, 0.3) is 0 Å². The monoisotopic (exact) mass is 480 g/mol. The van der Waals surface area contributed by atoms with Gasteiger partial charge in [0.05, 0.1) is 26.3 Å². The summed E-state index contributed by atoms with van der Waals surface area (Å²) in [6.45, 7) is 0.550. The Labute approximate surface area is 200 Å². The molecule has 2 N–H and O–H groups in total. The molecule has 0 unspecified atom stereocenters. The molecule has 0 saturated carbocycles. The highest BCUT2D eigenvalue weighted by atomic mass is 35.5. The van der Waals surface area contributed by atoms with E-state index < -0.39 is 6.03 Å². The number of amides is 2. The Kier molecular flexibility index (Phi) is 5.77. The van der Waals surface area contributed by atoms with Crippen molar-refractivity contribution >= 4 is 40.0 Å². The lowest BCUT2D eigenvalue weighted by Gasteiger charge is -2.10. The number of benzene rings is 3. The third-order valence-electron chi connectivity index (χ3n) is 5.36. The number of nitrogens with one attached hydrogen (secondary N) is 2. The van der Waals surface area contributed by atoms with Crippen LogP contribution in [0, 0.1) is 0 Å². The van der Waals surface area contributed by atoms with Crippen LogP contribution in [0.4, 0.5) is 16.3 Å². The Balaban J connectivity index is 1.40. The number of carbonyl (C=O) groups excluding carboxylic acids is 1. The molecule has 0 bridgehead atoms. The third kappa shape index (κ3) is 4.25. The quantitative estimate of drug-likeness (QED) is 0.397. The normalized spacial score (nSPS) is 12.0. The number of anilines is 2. The summed E-state index contributed by atoms with van der Waals surface area (Å²) in [7, 11) is 3.09. The van der Waals surface area contributed by atoms with Crippen LogP contribution in [0.1, 0.15) is 5.56 Å². The van der Waals surface area contributed by atoms with Crippen LogP contribution in [0.5, 0.6) is 23.0 Å². The summed E-state index contributed by atoms with van der Waals surface area (Å²) in [5.41, 5.74) is 2.18. The minimum absolute atomic E-state index is 0.169. The van der Waals surface area contributed by atoms with E-state index in [1.165, 1.54) is 0 Å². The fourth-order valence-corrected chi connectivity index (χ4v) is 3.94. The second-order valence-corrected chi connectivity index (χ2v) is 7.91. The third-order valence-corrected chi connectivity index (χ3v) is 5.71. The number of urea groups is 1. The maximum absolute atomic E-state index is 12.8. The molecule has 0 atom stereocenters. The topological polar surface area (TPSA) is 95.9 Å². The van der Waals surface area contributed by atoms with Gasteiger partial charge in [-0.15, -0.1) is 0 Å². The number of carbonyl (C=O) groups is 1. The average Bonchev–Trinajstić information content (AvgIpc) is 3.43. The van der Waals surface area contributed by atoms with Gasteiger partial charge in [-0.2, -0.15) is 5.10 Å². The lowest BCUT2D eigenvalue weighted by molar-refractivity contribution is 0.174. The van der Waals surface area contributed by atoms with Gasteiger partial charge in [-0.25, -0.2) is 4.79 Å². The largest absolute Gasteiger partial charge is 0.497 e. The molecule has 2 heterocycles. The van der Waals surface area contributed by atoms with Crippen molar-refractivity contribution < 1.29 is 23.7 Å². The fraction of sp³-hybridized carbons (Fsp3) is 0.167. The first-order valence-corrected chi connectivity index (χ1v) is 10.8. The van der Waals surface area contributed by atoms with E-state index in [1.807, 2.05) is 30.3 Å². The number of halogens is 1. The van der Waals surface area contributed by atoms with E-state index in [2.05, 4.69) is 15.7 Å². The van der Waals surface area contributed by atoms with Crippen molar-refractivity contribution in [3.63, 3.8) is 0 Å². The zero-order valence-electron chi connectivity index (χ0n) is 18.4. The molecule has 0 spiro atoms. The van der Waals surface area contributed by atoms with Gasteiger partial charge in [-0.3, -0.25) is 10.00 Å². The predicted octanol–water partition coefficient (Wildman–Crippen LogP) is 5.13. The van der Waals surface area contributed by atoms with E-state index >= 15 is 0 Å². The maximum atomic E-state index is 12.8.